The third-order valence-electron chi connectivity index (χ3n) is 3.94. The largest absolute Gasteiger partial charge is 0.494 e. The second-order valence-electron chi connectivity index (χ2n) is 6.01. The predicted octanol–water partition coefficient (Wildman–Crippen LogP) is 4.18. The van der Waals surface area contributed by atoms with Crippen LogP contribution in [0, 0.1) is 0 Å². The van der Waals surface area contributed by atoms with E-state index in [4.69, 9.17) is 14.6 Å². The molecule has 2 aromatic carbocycles. The maximum absolute atomic E-state index is 12.8. The van der Waals surface area contributed by atoms with Gasteiger partial charge in [-0.25, -0.2) is 4.90 Å². The Balaban J connectivity index is 1.75. The Morgan fingerprint density at radius 2 is 1.86 bits per heavy atom. The SMILES string of the molecule is CCOc1ccc(N2C(=O)S/C(=C/c3cccc(OCCC(=O)O)c3)C2=O)cc1. The number of thioether (sulfide) groups is 1. The highest BCUT2D eigenvalue weighted by atomic mass is 32.2. The standard InChI is InChI=1S/C21H19NO6S/c1-2-27-16-8-6-15(7-9-16)22-20(25)18(29-21(22)26)13-14-4-3-5-17(12-14)28-11-10-19(23)24/h3-9,12-13H,2,10-11H2,1H3,(H,23,24)/b18-13+. The molecule has 2 amide bonds. The number of carbonyl (C=O) groups excluding carboxylic acids is 2. The van der Waals surface area contributed by atoms with Crippen molar-refractivity contribution >= 4 is 40.6 Å². The van der Waals surface area contributed by atoms with E-state index in [1.54, 1.807) is 54.6 Å². The number of carboxylic acids is 1. The van der Waals surface area contributed by atoms with Gasteiger partial charge in [0.15, 0.2) is 0 Å². The third-order valence-corrected chi connectivity index (χ3v) is 4.81. The summed E-state index contributed by atoms with van der Waals surface area (Å²) in [5, 5.41) is 8.30. The summed E-state index contributed by atoms with van der Waals surface area (Å²) >= 11 is 0.862. The Bertz CT molecular complexity index is 954. The first-order chi connectivity index (χ1) is 14.0. The van der Waals surface area contributed by atoms with Crippen molar-refractivity contribution < 1.29 is 29.0 Å². The van der Waals surface area contributed by atoms with Gasteiger partial charge in [-0.2, -0.15) is 0 Å². The van der Waals surface area contributed by atoms with Gasteiger partial charge in [-0.05, 0) is 66.7 Å². The number of anilines is 1. The highest BCUT2D eigenvalue weighted by molar-refractivity contribution is 8.19. The van der Waals surface area contributed by atoms with E-state index in [2.05, 4.69) is 0 Å². The fraction of sp³-hybridized carbons (Fsp3) is 0.190. The van der Waals surface area contributed by atoms with Crippen LogP contribution in [0.3, 0.4) is 0 Å². The molecule has 1 aliphatic heterocycles. The molecule has 0 aromatic heterocycles. The Morgan fingerprint density at radius 1 is 1.10 bits per heavy atom. The molecule has 0 unspecified atom stereocenters. The molecular weight excluding hydrogens is 394 g/mol. The first-order valence-electron chi connectivity index (χ1n) is 8.93. The van der Waals surface area contributed by atoms with Gasteiger partial charge < -0.3 is 14.6 Å². The molecule has 0 atom stereocenters. The molecule has 7 nitrogen and oxygen atoms in total. The monoisotopic (exact) mass is 413 g/mol. The van der Waals surface area contributed by atoms with E-state index in [1.807, 2.05) is 6.92 Å². The Hall–Kier alpha value is -3.26. The molecule has 1 aliphatic rings. The predicted molar refractivity (Wildman–Crippen MR) is 110 cm³/mol. The molecule has 0 radical (unpaired) electrons. The number of hydrogen-bond donors (Lipinski definition) is 1. The number of hydrogen-bond acceptors (Lipinski definition) is 6. The van der Waals surface area contributed by atoms with Gasteiger partial charge in [-0.15, -0.1) is 0 Å². The summed E-state index contributed by atoms with van der Waals surface area (Å²) in [6, 6.07) is 13.7. The van der Waals surface area contributed by atoms with Crippen LogP contribution in [0.2, 0.25) is 0 Å². The van der Waals surface area contributed by atoms with Gasteiger partial charge in [0.25, 0.3) is 11.1 Å². The number of amides is 2. The zero-order chi connectivity index (χ0) is 20.8. The summed E-state index contributed by atoms with van der Waals surface area (Å²) in [7, 11) is 0. The minimum absolute atomic E-state index is 0.0487. The molecule has 8 heteroatoms. The lowest BCUT2D eigenvalue weighted by Gasteiger charge is -2.13. The van der Waals surface area contributed by atoms with Crippen molar-refractivity contribution in [2.75, 3.05) is 18.1 Å². The van der Waals surface area contributed by atoms with Crippen molar-refractivity contribution in [3.8, 4) is 11.5 Å². The molecule has 2 aromatic rings. The van der Waals surface area contributed by atoms with Crippen LogP contribution in [-0.2, 0) is 9.59 Å². The van der Waals surface area contributed by atoms with Gasteiger partial charge in [0, 0.05) is 0 Å². The molecule has 1 saturated heterocycles. The lowest BCUT2D eigenvalue weighted by atomic mass is 10.2. The molecule has 0 aliphatic carbocycles. The maximum atomic E-state index is 12.8. The number of carboxylic acid groups (broad SMARTS) is 1. The second-order valence-corrected chi connectivity index (χ2v) is 7.00. The van der Waals surface area contributed by atoms with Crippen LogP contribution in [-0.4, -0.2) is 35.4 Å². The summed E-state index contributed by atoms with van der Waals surface area (Å²) < 4.78 is 10.8. The molecule has 1 fully saturated rings. The highest BCUT2D eigenvalue weighted by Gasteiger charge is 2.36. The van der Waals surface area contributed by atoms with E-state index in [9.17, 15) is 14.4 Å². The fourth-order valence-electron chi connectivity index (χ4n) is 2.65. The summed E-state index contributed by atoms with van der Waals surface area (Å²) in [4.78, 5) is 37.1. The number of ether oxygens (including phenoxy) is 2. The van der Waals surface area contributed by atoms with E-state index in [0.717, 1.165) is 16.7 Å². The van der Waals surface area contributed by atoms with Crippen molar-refractivity contribution in [1.29, 1.82) is 0 Å². The Kier molecular flexibility index (Phi) is 6.56. The lowest BCUT2D eigenvalue weighted by molar-refractivity contribution is -0.137. The van der Waals surface area contributed by atoms with Gasteiger partial charge >= 0.3 is 5.97 Å². The number of benzene rings is 2. The molecule has 29 heavy (non-hydrogen) atoms. The average Bonchev–Trinajstić information content (AvgIpc) is 2.96. The summed E-state index contributed by atoms with van der Waals surface area (Å²) in [5.74, 6) is -0.185. The number of carbonyl (C=O) groups is 3. The van der Waals surface area contributed by atoms with Crippen LogP contribution >= 0.6 is 11.8 Å². The van der Waals surface area contributed by atoms with Crippen LogP contribution in [0.5, 0.6) is 11.5 Å². The zero-order valence-corrected chi connectivity index (χ0v) is 16.5. The number of aliphatic carboxylic acids is 1. The quantitative estimate of drug-likeness (QED) is 0.649. The first kappa shape index (κ1) is 20.5. The van der Waals surface area contributed by atoms with Gasteiger partial charge in [-0.1, -0.05) is 12.1 Å². The third kappa shape index (κ3) is 5.17. The van der Waals surface area contributed by atoms with Crippen molar-refractivity contribution in [1.82, 2.24) is 0 Å². The molecule has 0 spiro atoms. The minimum atomic E-state index is -0.941. The van der Waals surface area contributed by atoms with E-state index in [0.29, 0.717) is 34.3 Å². The summed E-state index contributed by atoms with van der Waals surface area (Å²) in [6.07, 6.45) is 1.51. The van der Waals surface area contributed by atoms with Crippen molar-refractivity contribution in [2.45, 2.75) is 13.3 Å². The van der Waals surface area contributed by atoms with Gasteiger partial charge in [0.2, 0.25) is 0 Å². The molecule has 1 N–H and O–H groups in total. The smallest absolute Gasteiger partial charge is 0.306 e. The van der Waals surface area contributed by atoms with Gasteiger partial charge in [0.05, 0.1) is 30.2 Å². The van der Waals surface area contributed by atoms with E-state index in [1.165, 1.54) is 0 Å². The topological polar surface area (TPSA) is 93.1 Å². The van der Waals surface area contributed by atoms with Crippen LogP contribution in [0.1, 0.15) is 18.9 Å². The maximum Gasteiger partial charge on any atom is 0.306 e. The van der Waals surface area contributed by atoms with Crippen molar-refractivity contribution in [2.24, 2.45) is 0 Å². The molecule has 3 rings (SSSR count). The van der Waals surface area contributed by atoms with Crippen LogP contribution in [0.25, 0.3) is 6.08 Å². The van der Waals surface area contributed by atoms with Crippen LogP contribution < -0.4 is 14.4 Å². The van der Waals surface area contributed by atoms with E-state index in [-0.39, 0.29) is 18.3 Å². The normalized spacial score (nSPS) is 15.1. The van der Waals surface area contributed by atoms with Gasteiger partial charge in [0.1, 0.15) is 11.5 Å². The van der Waals surface area contributed by atoms with Crippen molar-refractivity contribution in [3.63, 3.8) is 0 Å². The second kappa shape index (κ2) is 9.29. The Labute approximate surface area is 171 Å². The minimum Gasteiger partial charge on any atom is -0.494 e. The number of rotatable bonds is 8. The lowest BCUT2D eigenvalue weighted by Crippen LogP contribution is -2.27. The molecule has 0 bridgehead atoms. The van der Waals surface area contributed by atoms with E-state index >= 15 is 0 Å². The molecule has 1 heterocycles. The highest BCUT2D eigenvalue weighted by Crippen LogP contribution is 2.36. The first-order valence-corrected chi connectivity index (χ1v) is 9.75. The fourth-order valence-corrected chi connectivity index (χ4v) is 3.49. The molecule has 0 saturated carbocycles. The van der Waals surface area contributed by atoms with E-state index < -0.39 is 11.9 Å². The average molecular weight is 413 g/mol. The summed E-state index contributed by atoms with van der Waals surface area (Å²) in [6.45, 7) is 2.46. The van der Waals surface area contributed by atoms with Crippen LogP contribution in [0.4, 0.5) is 10.5 Å². The zero-order valence-electron chi connectivity index (χ0n) is 15.7. The van der Waals surface area contributed by atoms with Crippen LogP contribution in [0.15, 0.2) is 53.4 Å². The van der Waals surface area contributed by atoms with Gasteiger partial charge in [-0.3, -0.25) is 14.4 Å². The number of imide groups is 1. The number of nitrogens with zero attached hydrogens (tertiary/aromatic N) is 1. The molecular formula is C21H19NO6S. The van der Waals surface area contributed by atoms with Crippen molar-refractivity contribution in [3.05, 3.63) is 59.0 Å². The summed E-state index contributed by atoms with van der Waals surface area (Å²) in [5.41, 5.74) is 1.15. The Morgan fingerprint density at radius 3 is 2.55 bits per heavy atom. The molecule has 150 valence electrons.